The fraction of sp³-hybridized carbons (Fsp3) is 0.500. The number of alkyl halides is 2. The Hall–Kier alpha value is -1.66. The van der Waals surface area contributed by atoms with Gasteiger partial charge >= 0.3 is 0 Å². The molecule has 1 aromatic carbocycles. The van der Waals surface area contributed by atoms with Gasteiger partial charge in [-0.05, 0) is 43.4 Å². The molecule has 2 aliphatic rings. The number of hydrogen-bond donors (Lipinski definition) is 0. The topological polar surface area (TPSA) is 38.1 Å². The fourth-order valence-electron chi connectivity index (χ4n) is 4.35. The Morgan fingerprint density at radius 3 is 2.64 bits per heavy atom. The molecule has 0 spiro atoms. The highest BCUT2D eigenvalue weighted by Gasteiger charge is 2.44. The van der Waals surface area contributed by atoms with Gasteiger partial charge in [-0.25, -0.2) is 8.78 Å². The van der Waals surface area contributed by atoms with E-state index in [1.807, 2.05) is 11.0 Å². The monoisotopic (exact) mass is 427 g/mol. The van der Waals surface area contributed by atoms with Crippen molar-refractivity contribution in [2.45, 2.75) is 56.5 Å². The summed E-state index contributed by atoms with van der Waals surface area (Å²) in [6.07, 6.45) is 3.10. The molecule has 4 nitrogen and oxygen atoms in total. The smallest absolute Gasteiger partial charge is 0.282 e. The Balaban J connectivity index is 1.69. The average molecular weight is 428 g/mol. The number of aryl methyl sites for hydroxylation is 1. The van der Waals surface area contributed by atoms with Crippen LogP contribution < -0.4 is 0 Å². The third-order valence-electron chi connectivity index (χ3n) is 5.67. The Labute approximate surface area is 172 Å². The van der Waals surface area contributed by atoms with Crippen molar-refractivity contribution in [3.8, 4) is 0 Å². The van der Waals surface area contributed by atoms with Crippen LogP contribution in [0.4, 0.5) is 8.78 Å². The number of amides is 1. The molecular weight excluding hydrogens is 407 g/mol. The van der Waals surface area contributed by atoms with Crippen molar-refractivity contribution in [2.24, 2.45) is 7.05 Å². The van der Waals surface area contributed by atoms with Gasteiger partial charge in [-0.1, -0.05) is 35.7 Å². The number of aromatic nitrogens is 2. The molecule has 8 heteroatoms. The third kappa shape index (κ3) is 3.64. The minimum Gasteiger partial charge on any atom is -0.332 e. The van der Waals surface area contributed by atoms with E-state index in [0.29, 0.717) is 10.0 Å². The lowest BCUT2D eigenvalue weighted by atomic mass is 9.92. The van der Waals surface area contributed by atoms with Crippen molar-refractivity contribution in [2.75, 3.05) is 0 Å². The minimum atomic E-state index is -2.79. The molecule has 0 aliphatic heterocycles. The molecule has 150 valence electrons. The van der Waals surface area contributed by atoms with Crippen LogP contribution >= 0.6 is 23.2 Å². The van der Waals surface area contributed by atoms with Crippen molar-refractivity contribution >= 4 is 29.1 Å². The van der Waals surface area contributed by atoms with E-state index in [1.165, 1.54) is 10.9 Å². The van der Waals surface area contributed by atoms with Gasteiger partial charge < -0.3 is 4.90 Å². The number of rotatable bonds is 5. The Morgan fingerprint density at radius 2 is 2.00 bits per heavy atom. The number of hydrogen-bond acceptors (Lipinski definition) is 2. The molecule has 1 amide bonds. The Kier molecular flexibility index (Phi) is 5.36. The lowest BCUT2D eigenvalue weighted by Crippen LogP contribution is -2.43. The molecule has 2 unspecified atom stereocenters. The van der Waals surface area contributed by atoms with E-state index in [-0.39, 0.29) is 29.5 Å². The molecule has 28 heavy (non-hydrogen) atoms. The van der Waals surface area contributed by atoms with E-state index in [2.05, 4.69) is 5.10 Å². The van der Waals surface area contributed by atoms with Gasteiger partial charge in [-0.2, -0.15) is 5.10 Å². The maximum absolute atomic E-state index is 13.4. The average Bonchev–Trinajstić information content (AvgIpc) is 3.20. The van der Waals surface area contributed by atoms with Crippen molar-refractivity contribution in [1.82, 2.24) is 14.7 Å². The van der Waals surface area contributed by atoms with Gasteiger partial charge in [0.25, 0.3) is 12.3 Å². The van der Waals surface area contributed by atoms with Crippen LogP contribution in [0.5, 0.6) is 0 Å². The zero-order valence-corrected chi connectivity index (χ0v) is 16.9. The van der Waals surface area contributed by atoms with Gasteiger partial charge in [0.15, 0.2) is 0 Å². The standard InChI is InChI=1S/C20H21Cl2F2N3O/c1-26-10-15(18(25-26)19(23)24)20(28)27(12-6-7-12)17-4-2-3-14(17)13-8-5-11(21)9-16(13)22/h5,8-10,12,14,17,19H,2-4,6-7H2,1H3. The first-order valence-corrected chi connectivity index (χ1v) is 10.2. The first-order chi connectivity index (χ1) is 13.4. The summed E-state index contributed by atoms with van der Waals surface area (Å²) in [5.41, 5.74) is 0.516. The zero-order valence-electron chi connectivity index (χ0n) is 15.4. The molecule has 4 rings (SSSR count). The van der Waals surface area contributed by atoms with Crippen molar-refractivity contribution in [1.29, 1.82) is 0 Å². The number of carbonyl (C=O) groups excluding carboxylic acids is 1. The summed E-state index contributed by atoms with van der Waals surface area (Å²) in [5.74, 6) is -0.283. The third-order valence-corrected chi connectivity index (χ3v) is 6.23. The van der Waals surface area contributed by atoms with Gasteiger partial charge in [-0.15, -0.1) is 0 Å². The van der Waals surface area contributed by atoms with E-state index in [0.717, 1.165) is 37.7 Å². The van der Waals surface area contributed by atoms with Crippen molar-refractivity contribution in [3.63, 3.8) is 0 Å². The van der Waals surface area contributed by atoms with Gasteiger partial charge in [0.05, 0.1) is 5.56 Å². The van der Waals surface area contributed by atoms with Crippen LogP contribution in [0.3, 0.4) is 0 Å². The van der Waals surface area contributed by atoms with Gasteiger partial charge in [0.1, 0.15) is 5.69 Å². The SMILES string of the molecule is Cn1cc(C(=O)N(C2CC2)C2CCCC2c2ccc(Cl)cc2Cl)c(C(F)F)n1. The summed E-state index contributed by atoms with van der Waals surface area (Å²) in [7, 11) is 1.55. The number of nitrogens with zero attached hydrogens (tertiary/aromatic N) is 3. The summed E-state index contributed by atoms with van der Waals surface area (Å²) < 4.78 is 28.1. The van der Waals surface area contributed by atoms with Crippen molar-refractivity contribution < 1.29 is 13.6 Å². The predicted octanol–water partition coefficient (Wildman–Crippen LogP) is 5.61. The molecule has 0 radical (unpaired) electrons. The Bertz CT molecular complexity index is 898. The van der Waals surface area contributed by atoms with Gasteiger partial charge in [0, 0.05) is 41.3 Å². The molecule has 2 saturated carbocycles. The van der Waals surface area contributed by atoms with Crippen LogP contribution in [-0.2, 0) is 7.05 Å². The maximum atomic E-state index is 13.4. The fourth-order valence-corrected chi connectivity index (χ4v) is 4.90. The summed E-state index contributed by atoms with van der Waals surface area (Å²) in [6, 6.07) is 5.46. The van der Waals surface area contributed by atoms with E-state index >= 15 is 0 Å². The quantitative estimate of drug-likeness (QED) is 0.622. The predicted molar refractivity (Wildman–Crippen MR) is 104 cm³/mol. The lowest BCUT2D eigenvalue weighted by molar-refractivity contribution is 0.0635. The van der Waals surface area contributed by atoms with Gasteiger partial charge in [0.2, 0.25) is 0 Å². The number of benzene rings is 1. The minimum absolute atomic E-state index is 0.00254. The molecule has 2 aromatic rings. The molecule has 2 fully saturated rings. The van der Waals surface area contributed by atoms with E-state index in [4.69, 9.17) is 23.2 Å². The molecule has 1 aromatic heterocycles. The second kappa shape index (κ2) is 7.64. The molecule has 0 saturated heterocycles. The highest BCUT2D eigenvalue weighted by atomic mass is 35.5. The van der Waals surface area contributed by atoms with Crippen LogP contribution in [-0.4, -0.2) is 32.7 Å². The largest absolute Gasteiger partial charge is 0.332 e. The van der Waals surface area contributed by atoms with E-state index < -0.39 is 12.1 Å². The number of carbonyl (C=O) groups is 1. The first-order valence-electron chi connectivity index (χ1n) is 9.46. The van der Waals surface area contributed by atoms with Crippen LogP contribution in [0.15, 0.2) is 24.4 Å². The Morgan fingerprint density at radius 1 is 1.25 bits per heavy atom. The lowest BCUT2D eigenvalue weighted by Gasteiger charge is -2.34. The molecule has 0 N–H and O–H groups in total. The molecule has 2 aliphatic carbocycles. The summed E-state index contributed by atoms with van der Waals surface area (Å²) in [5, 5.41) is 4.95. The molecule has 0 bridgehead atoms. The summed E-state index contributed by atoms with van der Waals surface area (Å²) >= 11 is 12.5. The van der Waals surface area contributed by atoms with E-state index in [9.17, 15) is 13.6 Å². The second-order valence-electron chi connectivity index (χ2n) is 7.62. The van der Waals surface area contributed by atoms with Crippen LogP contribution in [0.2, 0.25) is 10.0 Å². The maximum Gasteiger partial charge on any atom is 0.282 e. The van der Waals surface area contributed by atoms with E-state index in [1.54, 1.807) is 19.2 Å². The van der Waals surface area contributed by atoms with Gasteiger partial charge in [-0.3, -0.25) is 9.48 Å². The normalized spacial score (nSPS) is 22.1. The van der Waals surface area contributed by atoms with Crippen LogP contribution in [0, 0.1) is 0 Å². The number of halogens is 4. The summed E-state index contributed by atoms with van der Waals surface area (Å²) in [6.45, 7) is 0. The van der Waals surface area contributed by atoms with Crippen molar-refractivity contribution in [3.05, 3.63) is 51.3 Å². The molecule has 1 heterocycles. The summed E-state index contributed by atoms with van der Waals surface area (Å²) in [4.78, 5) is 15.2. The molecular formula is C20H21Cl2F2N3O. The highest BCUT2D eigenvalue weighted by Crippen LogP contribution is 2.45. The van der Waals surface area contributed by atoms with Crippen LogP contribution in [0.1, 0.15) is 66.1 Å². The molecule has 2 atom stereocenters. The second-order valence-corrected chi connectivity index (χ2v) is 8.46. The zero-order chi connectivity index (χ0) is 20.0. The van der Waals surface area contributed by atoms with Crippen LogP contribution in [0.25, 0.3) is 0 Å². The highest BCUT2D eigenvalue weighted by molar-refractivity contribution is 6.35. The first kappa shape index (κ1) is 19.6.